The molecule has 184 valence electrons. The highest BCUT2D eigenvalue weighted by Gasteiger charge is 2.60. The van der Waals surface area contributed by atoms with Gasteiger partial charge in [-0.2, -0.15) is 0 Å². The molecule has 2 nitrogen and oxygen atoms in total. The standard InChI is InChI=1S/C26H46O2.C2H6.CH4/c1-5-20(27)8-6-7-18-10-12-22-21-11-9-19-17-24(2,28)15-16-26(19,4)23(21)13-14-25(18,22)3;1-2;/h18-23,27-28H,5-17H2,1-4H3;1-2H3;1H4/t18-,19?,20-,21-,22-,23?,24-,25+,26-;;/m0../s1. The number of rotatable bonds is 5. The van der Waals surface area contributed by atoms with Gasteiger partial charge in [-0.25, -0.2) is 0 Å². The van der Waals surface area contributed by atoms with Crippen LogP contribution >= 0.6 is 0 Å². The van der Waals surface area contributed by atoms with Gasteiger partial charge in [0.1, 0.15) is 0 Å². The third kappa shape index (κ3) is 5.06. The summed E-state index contributed by atoms with van der Waals surface area (Å²) in [6.07, 6.45) is 16.2. The molecule has 0 aromatic heterocycles. The number of aliphatic hydroxyl groups is 2. The lowest BCUT2D eigenvalue weighted by Gasteiger charge is -2.62. The molecule has 0 aromatic carbocycles. The summed E-state index contributed by atoms with van der Waals surface area (Å²) in [5, 5.41) is 20.6. The third-order valence-corrected chi connectivity index (χ3v) is 10.7. The van der Waals surface area contributed by atoms with Crippen LogP contribution < -0.4 is 0 Å². The smallest absolute Gasteiger partial charge is 0.0622 e. The van der Waals surface area contributed by atoms with Gasteiger partial charge in [-0.1, -0.05) is 48.5 Å². The van der Waals surface area contributed by atoms with E-state index in [9.17, 15) is 10.2 Å². The fraction of sp³-hybridized carbons (Fsp3) is 1.00. The van der Waals surface area contributed by atoms with Gasteiger partial charge in [-0.3, -0.25) is 0 Å². The maximum absolute atomic E-state index is 10.7. The molecule has 2 unspecified atom stereocenters. The zero-order valence-corrected chi connectivity index (χ0v) is 21.1. The highest BCUT2D eigenvalue weighted by molar-refractivity contribution is 5.10. The van der Waals surface area contributed by atoms with Gasteiger partial charge < -0.3 is 10.2 Å². The first-order valence-corrected chi connectivity index (χ1v) is 13.6. The van der Waals surface area contributed by atoms with Crippen molar-refractivity contribution in [1.82, 2.24) is 0 Å². The van der Waals surface area contributed by atoms with Gasteiger partial charge in [-0.05, 0) is 124 Å². The van der Waals surface area contributed by atoms with E-state index in [0.29, 0.717) is 10.8 Å². The molecule has 4 aliphatic carbocycles. The van der Waals surface area contributed by atoms with Gasteiger partial charge in [0.25, 0.3) is 0 Å². The second-order valence-corrected chi connectivity index (χ2v) is 12.2. The van der Waals surface area contributed by atoms with E-state index >= 15 is 0 Å². The predicted molar refractivity (Wildman–Crippen MR) is 134 cm³/mol. The first-order chi connectivity index (χ1) is 14.2. The molecule has 2 N–H and O–H groups in total. The summed E-state index contributed by atoms with van der Waals surface area (Å²) < 4.78 is 0. The molecule has 0 amide bonds. The van der Waals surface area contributed by atoms with Crippen molar-refractivity contribution in [1.29, 1.82) is 0 Å². The molecule has 4 aliphatic rings. The van der Waals surface area contributed by atoms with Crippen molar-refractivity contribution in [3.63, 3.8) is 0 Å². The monoisotopic (exact) mass is 436 g/mol. The van der Waals surface area contributed by atoms with Crippen LogP contribution in [0.5, 0.6) is 0 Å². The summed E-state index contributed by atoms with van der Waals surface area (Å²) in [5.41, 5.74) is 0.624. The average molecular weight is 437 g/mol. The Bertz CT molecular complexity index is 557. The van der Waals surface area contributed by atoms with E-state index < -0.39 is 5.60 Å². The fourth-order valence-corrected chi connectivity index (χ4v) is 8.82. The summed E-state index contributed by atoms with van der Waals surface area (Å²) in [6, 6.07) is 0. The fourth-order valence-electron chi connectivity index (χ4n) is 8.82. The molecule has 4 rings (SSSR count). The molecule has 0 saturated heterocycles. The lowest BCUT2D eigenvalue weighted by atomic mass is 9.44. The third-order valence-electron chi connectivity index (χ3n) is 10.7. The van der Waals surface area contributed by atoms with Crippen LogP contribution in [0.15, 0.2) is 0 Å². The molecule has 4 saturated carbocycles. The number of hydrogen-bond acceptors (Lipinski definition) is 2. The molecule has 0 heterocycles. The average Bonchev–Trinajstić information content (AvgIpc) is 3.06. The summed E-state index contributed by atoms with van der Waals surface area (Å²) in [4.78, 5) is 0. The Hall–Kier alpha value is -0.0800. The predicted octanol–water partition coefficient (Wildman–Crippen LogP) is 8.00. The van der Waals surface area contributed by atoms with E-state index in [2.05, 4.69) is 27.7 Å². The minimum atomic E-state index is -0.415. The van der Waals surface area contributed by atoms with Crippen molar-refractivity contribution in [2.75, 3.05) is 0 Å². The van der Waals surface area contributed by atoms with Crippen LogP contribution in [0.1, 0.15) is 132 Å². The zero-order valence-electron chi connectivity index (χ0n) is 21.1. The lowest BCUT2D eigenvalue weighted by molar-refractivity contribution is -0.146. The Morgan fingerprint density at radius 2 is 1.55 bits per heavy atom. The zero-order chi connectivity index (χ0) is 22.2. The van der Waals surface area contributed by atoms with Crippen LogP contribution in [-0.4, -0.2) is 21.9 Å². The van der Waals surface area contributed by atoms with E-state index in [1.54, 1.807) is 0 Å². The molecule has 4 fully saturated rings. The van der Waals surface area contributed by atoms with E-state index in [1.165, 1.54) is 57.8 Å². The van der Waals surface area contributed by atoms with Gasteiger partial charge in [0.2, 0.25) is 0 Å². The summed E-state index contributed by atoms with van der Waals surface area (Å²) in [6.45, 7) is 13.4. The Labute approximate surface area is 195 Å². The van der Waals surface area contributed by atoms with Gasteiger partial charge in [-0.15, -0.1) is 0 Å². The normalized spacial score (nSPS) is 47.0. The summed E-state index contributed by atoms with van der Waals surface area (Å²) in [5.74, 6) is 4.41. The molecular formula is C29H56O2. The Morgan fingerprint density at radius 1 is 0.871 bits per heavy atom. The molecule has 0 aliphatic heterocycles. The van der Waals surface area contributed by atoms with E-state index in [4.69, 9.17) is 0 Å². The topological polar surface area (TPSA) is 40.5 Å². The SMILES string of the molecule is C.CC.CC[C@H](O)CCC[C@H]1CC[C@H]2[C@@H]3CCC4C[C@@](C)(O)CC[C@]4(C)C3CC[C@]12C. The van der Waals surface area contributed by atoms with E-state index in [0.717, 1.165) is 55.3 Å². The highest BCUT2D eigenvalue weighted by atomic mass is 16.3. The first-order valence-electron chi connectivity index (χ1n) is 13.6. The Balaban J connectivity index is 0.00000111. The van der Waals surface area contributed by atoms with Gasteiger partial charge in [0.05, 0.1) is 11.7 Å². The van der Waals surface area contributed by atoms with Crippen LogP contribution in [0.4, 0.5) is 0 Å². The van der Waals surface area contributed by atoms with Crippen molar-refractivity contribution in [2.45, 2.75) is 144 Å². The van der Waals surface area contributed by atoms with Crippen molar-refractivity contribution in [2.24, 2.45) is 40.4 Å². The van der Waals surface area contributed by atoms with Crippen LogP contribution in [0.2, 0.25) is 0 Å². The minimum Gasteiger partial charge on any atom is -0.393 e. The van der Waals surface area contributed by atoms with Crippen molar-refractivity contribution >= 4 is 0 Å². The van der Waals surface area contributed by atoms with Crippen LogP contribution in [0.25, 0.3) is 0 Å². The largest absolute Gasteiger partial charge is 0.393 e. The Morgan fingerprint density at radius 3 is 2.23 bits per heavy atom. The van der Waals surface area contributed by atoms with Gasteiger partial charge >= 0.3 is 0 Å². The van der Waals surface area contributed by atoms with Crippen LogP contribution in [0, 0.1) is 40.4 Å². The van der Waals surface area contributed by atoms with Gasteiger partial charge in [0.15, 0.2) is 0 Å². The molecule has 31 heavy (non-hydrogen) atoms. The first kappa shape index (κ1) is 27.2. The second-order valence-electron chi connectivity index (χ2n) is 12.2. The molecule has 0 radical (unpaired) electrons. The summed E-state index contributed by atoms with van der Waals surface area (Å²) in [7, 11) is 0. The Kier molecular flexibility index (Phi) is 9.16. The number of fused-ring (bicyclic) bond motifs is 5. The van der Waals surface area contributed by atoms with Crippen molar-refractivity contribution in [3.8, 4) is 0 Å². The number of aliphatic hydroxyl groups excluding tert-OH is 1. The van der Waals surface area contributed by atoms with E-state index in [-0.39, 0.29) is 13.5 Å². The van der Waals surface area contributed by atoms with Crippen molar-refractivity contribution < 1.29 is 10.2 Å². The molecule has 9 atom stereocenters. The summed E-state index contributed by atoms with van der Waals surface area (Å²) >= 11 is 0. The maximum atomic E-state index is 10.7. The van der Waals surface area contributed by atoms with Crippen molar-refractivity contribution in [3.05, 3.63) is 0 Å². The number of hydrogen-bond donors (Lipinski definition) is 2. The van der Waals surface area contributed by atoms with Crippen LogP contribution in [-0.2, 0) is 0 Å². The van der Waals surface area contributed by atoms with Crippen LogP contribution in [0.3, 0.4) is 0 Å². The molecule has 0 spiro atoms. The maximum Gasteiger partial charge on any atom is 0.0622 e. The minimum absolute atomic E-state index is 0. The highest BCUT2D eigenvalue weighted by Crippen LogP contribution is 2.68. The molecular weight excluding hydrogens is 380 g/mol. The quantitative estimate of drug-likeness (QED) is 0.458. The van der Waals surface area contributed by atoms with Gasteiger partial charge in [0, 0.05) is 0 Å². The molecule has 2 heteroatoms. The molecule has 0 aromatic rings. The second kappa shape index (κ2) is 10.5. The lowest BCUT2D eigenvalue weighted by Crippen LogP contribution is -2.55. The molecule has 0 bridgehead atoms. The van der Waals surface area contributed by atoms with E-state index in [1.807, 2.05) is 13.8 Å².